The lowest BCUT2D eigenvalue weighted by atomic mass is 9.77. The van der Waals surface area contributed by atoms with E-state index in [-0.39, 0.29) is 23.3 Å². The highest BCUT2D eigenvalue weighted by molar-refractivity contribution is 5.79. The van der Waals surface area contributed by atoms with Crippen LogP contribution in [0.5, 0.6) is 0 Å². The fourth-order valence-electron chi connectivity index (χ4n) is 4.55. The number of nitrogens with one attached hydrogen (secondary N) is 1. The van der Waals surface area contributed by atoms with E-state index >= 15 is 0 Å². The molecule has 4 rings (SSSR count). The molecule has 1 aromatic rings. The Hall–Kier alpha value is -1.92. The number of hydrogen-bond acceptors (Lipinski definition) is 4. The molecule has 0 unspecified atom stereocenters. The molecule has 3 heterocycles. The number of amides is 2. The summed E-state index contributed by atoms with van der Waals surface area (Å²) in [6.45, 7) is 5.59. The fourth-order valence-corrected chi connectivity index (χ4v) is 4.55. The van der Waals surface area contributed by atoms with Crippen molar-refractivity contribution in [1.82, 2.24) is 15.1 Å². The van der Waals surface area contributed by atoms with Gasteiger partial charge in [0, 0.05) is 45.7 Å². The molecule has 0 aliphatic carbocycles. The summed E-state index contributed by atoms with van der Waals surface area (Å²) in [6, 6.07) is 10.4. The van der Waals surface area contributed by atoms with E-state index in [1.165, 1.54) is 5.56 Å². The van der Waals surface area contributed by atoms with Crippen molar-refractivity contribution in [2.24, 2.45) is 5.41 Å². The van der Waals surface area contributed by atoms with Crippen LogP contribution in [0, 0.1) is 5.41 Å². The zero-order chi connectivity index (χ0) is 18.7. The lowest BCUT2D eigenvalue weighted by Crippen LogP contribution is -2.47. The van der Waals surface area contributed by atoms with E-state index in [1.54, 1.807) is 0 Å². The first-order chi connectivity index (χ1) is 13.1. The van der Waals surface area contributed by atoms with Crippen LogP contribution in [0.25, 0.3) is 0 Å². The van der Waals surface area contributed by atoms with Gasteiger partial charge in [0.25, 0.3) is 0 Å². The van der Waals surface area contributed by atoms with Crippen molar-refractivity contribution < 1.29 is 14.3 Å². The third-order valence-corrected chi connectivity index (χ3v) is 6.25. The lowest BCUT2D eigenvalue weighted by Gasteiger charge is -2.39. The van der Waals surface area contributed by atoms with Crippen molar-refractivity contribution in [1.29, 1.82) is 0 Å². The van der Waals surface area contributed by atoms with Crippen LogP contribution >= 0.6 is 0 Å². The Kier molecular flexibility index (Phi) is 5.45. The van der Waals surface area contributed by atoms with E-state index in [0.29, 0.717) is 19.4 Å². The van der Waals surface area contributed by atoms with Crippen LogP contribution in [0.1, 0.15) is 31.2 Å². The van der Waals surface area contributed by atoms with Crippen LogP contribution in [0.3, 0.4) is 0 Å². The van der Waals surface area contributed by atoms with Gasteiger partial charge >= 0.3 is 0 Å². The second-order valence-electron chi connectivity index (χ2n) is 8.25. The second-order valence-corrected chi connectivity index (χ2v) is 8.25. The predicted octanol–water partition coefficient (Wildman–Crippen LogP) is 1.41. The smallest absolute Gasteiger partial charge is 0.225 e. The van der Waals surface area contributed by atoms with E-state index in [4.69, 9.17) is 4.74 Å². The Balaban J connectivity index is 1.25. The highest BCUT2D eigenvalue weighted by Gasteiger charge is 2.41. The van der Waals surface area contributed by atoms with Crippen LogP contribution < -0.4 is 5.32 Å². The van der Waals surface area contributed by atoms with E-state index in [1.807, 2.05) is 11.0 Å². The minimum absolute atomic E-state index is 0.0272. The molecule has 3 aliphatic rings. The summed E-state index contributed by atoms with van der Waals surface area (Å²) in [5.41, 5.74) is 1.38. The molecule has 1 atom stereocenters. The second kappa shape index (κ2) is 7.98. The Morgan fingerprint density at radius 3 is 2.67 bits per heavy atom. The number of rotatable bonds is 4. The Bertz CT molecular complexity index is 671. The fraction of sp³-hybridized carbons (Fsp3) is 0.619. The van der Waals surface area contributed by atoms with E-state index in [9.17, 15) is 9.59 Å². The predicted molar refractivity (Wildman–Crippen MR) is 102 cm³/mol. The first-order valence-corrected chi connectivity index (χ1v) is 10.0. The Morgan fingerprint density at radius 1 is 1.19 bits per heavy atom. The van der Waals surface area contributed by atoms with Crippen LogP contribution in [-0.4, -0.2) is 67.0 Å². The zero-order valence-corrected chi connectivity index (χ0v) is 15.9. The van der Waals surface area contributed by atoms with Gasteiger partial charge in [0.05, 0.1) is 19.1 Å². The molecule has 146 valence electrons. The van der Waals surface area contributed by atoms with Crippen molar-refractivity contribution in [3.05, 3.63) is 35.9 Å². The number of likely N-dealkylation sites (tertiary alicyclic amines) is 1. The quantitative estimate of drug-likeness (QED) is 0.869. The summed E-state index contributed by atoms with van der Waals surface area (Å²) in [5.74, 6) is 0.345. The van der Waals surface area contributed by atoms with Gasteiger partial charge in [-0.15, -0.1) is 0 Å². The number of piperidine rings is 1. The monoisotopic (exact) mass is 371 g/mol. The van der Waals surface area contributed by atoms with Crippen molar-refractivity contribution >= 4 is 11.8 Å². The molecule has 0 radical (unpaired) electrons. The molecule has 2 amide bonds. The molecule has 1 N–H and O–H groups in total. The van der Waals surface area contributed by atoms with Gasteiger partial charge in [0.15, 0.2) is 0 Å². The number of nitrogens with zero attached hydrogens (tertiary/aromatic N) is 2. The molecular weight excluding hydrogens is 342 g/mol. The van der Waals surface area contributed by atoms with Crippen molar-refractivity contribution in [3.8, 4) is 0 Å². The summed E-state index contributed by atoms with van der Waals surface area (Å²) in [7, 11) is 0. The number of ether oxygens (including phenoxy) is 1. The number of benzene rings is 1. The highest BCUT2D eigenvalue weighted by atomic mass is 16.5. The molecular formula is C21H29N3O3. The average Bonchev–Trinajstić information content (AvgIpc) is 3.03. The first kappa shape index (κ1) is 18.4. The number of hydrogen-bond donors (Lipinski definition) is 1. The Labute approximate surface area is 160 Å². The van der Waals surface area contributed by atoms with Gasteiger partial charge in [-0.1, -0.05) is 30.3 Å². The van der Waals surface area contributed by atoms with Crippen LogP contribution in [0.15, 0.2) is 30.3 Å². The molecule has 3 fully saturated rings. The SMILES string of the molecule is O=C1CC2(CCN(C(=O)C[C@@H]3CN(Cc4ccccc4)CCO3)CC2)CN1. The third-order valence-electron chi connectivity index (χ3n) is 6.25. The standard InChI is InChI=1S/C21H29N3O3/c25-19-13-21(16-22-19)6-8-24(9-7-21)20(26)12-18-15-23(10-11-27-18)14-17-4-2-1-3-5-17/h1-5,18H,6-16H2,(H,22,25)/t18-/m1/s1. The minimum atomic E-state index is -0.0272. The summed E-state index contributed by atoms with van der Waals surface area (Å²) in [6.07, 6.45) is 2.89. The molecule has 3 saturated heterocycles. The maximum Gasteiger partial charge on any atom is 0.225 e. The maximum absolute atomic E-state index is 12.7. The van der Waals surface area contributed by atoms with Crippen LogP contribution in [0.2, 0.25) is 0 Å². The van der Waals surface area contributed by atoms with E-state index < -0.39 is 0 Å². The van der Waals surface area contributed by atoms with E-state index in [2.05, 4.69) is 34.5 Å². The molecule has 6 heteroatoms. The topological polar surface area (TPSA) is 61.9 Å². The first-order valence-electron chi connectivity index (χ1n) is 10.0. The van der Waals surface area contributed by atoms with Crippen molar-refractivity contribution in [2.75, 3.05) is 39.3 Å². The van der Waals surface area contributed by atoms with Gasteiger partial charge in [-0.05, 0) is 23.8 Å². The van der Waals surface area contributed by atoms with E-state index in [0.717, 1.165) is 52.1 Å². The largest absolute Gasteiger partial charge is 0.375 e. The zero-order valence-electron chi connectivity index (χ0n) is 15.9. The summed E-state index contributed by atoms with van der Waals surface area (Å²) in [5, 5.41) is 2.95. The van der Waals surface area contributed by atoms with Crippen molar-refractivity contribution in [3.63, 3.8) is 0 Å². The van der Waals surface area contributed by atoms with Gasteiger partial charge in [-0.3, -0.25) is 14.5 Å². The summed E-state index contributed by atoms with van der Waals surface area (Å²) >= 11 is 0. The highest BCUT2D eigenvalue weighted by Crippen LogP contribution is 2.37. The molecule has 1 aromatic carbocycles. The minimum Gasteiger partial charge on any atom is -0.375 e. The normalized spacial score (nSPS) is 25.6. The van der Waals surface area contributed by atoms with Gasteiger partial charge in [-0.25, -0.2) is 0 Å². The van der Waals surface area contributed by atoms with Gasteiger partial charge in [-0.2, -0.15) is 0 Å². The summed E-state index contributed by atoms with van der Waals surface area (Å²) in [4.78, 5) is 28.6. The van der Waals surface area contributed by atoms with Crippen LogP contribution in [-0.2, 0) is 20.9 Å². The molecule has 6 nitrogen and oxygen atoms in total. The van der Waals surface area contributed by atoms with Crippen molar-refractivity contribution in [2.45, 2.75) is 38.3 Å². The van der Waals surface area contributed by atoms with Crippen LogP contribution in [0.4, 0.5) is 0 Å². The molecule has 3 aliphatic heterocycles. The molecule has 27 heavy (non-hydrogen) atoms. The summed E-state index contributed by atoms with van der Waals surface area (Å²) < 4.78 is 5.87. The average molecular weight is 371 g/mol. The molecule has 0 saturated carbocycles. The maximum atomic E-state index is 12.7. The number of carbonyl (C=O) groups is 2. The van der Waals surface area contributed by atoms with Gasteiger partial charge < -0.3 is 15.0 Å². The lowest BCUT2D eigenvalue weighted by molar-refractivity contribution is -0.138. The molecule has 0 bridgehead atoms. The molecule has 0 aromatic heterocycles. The number of morpholine rings is 1. The Morgan fingerprint density at radius 2 is 1.96 bits per heavy atom. The van der Waals surface area contributed by atoms with Gasteiger partial charge in [0.1, 0.15) is 0 Å². The van der Waals surface area contributed by atoms with Gasteiger partial charge in [0.2, 0.25) is 11.8 Å². The third kappa shape index (κ3) is 4.50. The number of carbonyl (C=O) groups excluding carboxylic acids is 2. The molecule has 1 spiro atoms.